The van der Waals surface area contributed by atoms with E-state index in [9.17, 15) is 9.59 Å². The molecule has 0 atom stereocenters. The van der Waals surface area contributed by atoms with Crippen molar-refractivity contribution in [2.75, 3.05) is 11.4 Å². The fourth-order valence-corrected chi connectivity index (χ4v) is 2.86. The van der Waals surface area contributed by atoms with E-state index in [0.717, 1.165) is 11.1 Å². The fourth-order valence-electron chi connectivity index (χ4n) is 2.86. The van der Waals surface area contributed by atoms with Gasteiger partial charge >= 0.3 is 0 Å². The van der Waals surface area contributed by atoms with Crippen LogP contribution in [0.5, 0.6) is 0 Å². The van der Waals surface area contributed by atoms with Crippen LogP contribution in [0.25, 0.3) is 10.8 Å². The van der Waals surface area contributed by atoms with Crippen molar-refractivity contribution in [3.63, 3.8) is 0 Å². The first-order valence-corrected chi connectivity index (χ1v) is 7.92. The van der Waals surface area contributed by atoms with Gasteiger partial charge < -0.3 is 4.90 Å². The molecule has 0 radical (unpaired) electrons. The number of benzene rings is 2. The van der Waals surface area contributed by atoms with Crippen molar-refractivity contribution in [3.8, 4) is 0 Å². The number of hydrogen-bond acceptors (Lipinski definition) is 3. The van der Waals surface area contributed by atoms with Crippen LogP contribution in [-0.2, 0) is 18.3 Å². The number of anilines is 1. The van der Waals surface area contributed by atoms with Gasteiger partial charge in [-0.05, 0) is 25.1 Å². The van der Waals surface area contributed by atoms with E-state index in [2.05, 4.69) is 5.10 Å². The summed E-state index contributed by atoms with van der Waals surface area (Å²) in [5.74, 6) is -0.0417. The first-order valence-electron chi connectivity index (χ1n) is 7.92. The minimum Gasteiger partial charge on any atom is -0.312 e. The van der Waals surface area contributed by atoms with E-state index < -0.39 is 0 Å². The Morgan fingerprint density at radius 3 is 2.33 bits per heavy atom. The highest BCUT2D eigenvalue weighted by molar-refractivity contribution is 5.97. The summed E-state index contributed by atoms with van der Waals surface area (Å²) in [6.45, 7) is 2.52. The molecule has 3 rings (SSSR count). The zero-order valence-corrected chi connectivity index (χ0v) is 13.8. The molecule has 0 unspecified atom stereocenters. The average Bonchev–Trinajstić information content (AvgIpc) is 2.61. The third-order valence-electron chi connectivity index (χ3n) is 4.04. The molecule has 5 heteroatoms. The molecular formula is C19H19N3O2. The highest BCUT2D eigenvalue weighted by Gasteiger charge is 2.17. The van der Waals surface area contributed by atoms with E-state index in [1.54, 1.807) is 18.0 Å². The number of carbonyl (C=O) groups is 1. The molecule has 1 amide bonds. The molecule has 0 aliphatic heterocycles. The normalized spacial score (nSPS) is 10.8. The quantitative estimate of drug-likeness (QED) is 0.742. The smallest absolute Gasteiger partial charge is 0.274 e. The zero-order valence-electron chi connectivity index (χ0n) is 13.8. The van der Waals surface area contributed by atoms with Crippen molar-refractivity contribution in [2.45, 2.75) is 13.3 Å². The maximum atomic E-state index is 12.8. The van der Waals surface area contributed by atoms with Crippen molar-refractivity contribution >= 4 is 22.4 Å². The topological polar surface area (TPSA) is 55.2 Å². The van der Waals surface area contributed by atoms with Gasteiger partial charge in [0.2, 0.25) is 5.91 Å². The summed E-state index contributed by atoms with van der Waals surface area (Å²) in [7, 11) is 1.61. The molecular weight excluding hydrogens is 302 g/mol. The number of nitrogens with zero attached hydrogens (tertiary/aromatic N) is 3. The van der Waals surface area contributed by atoms with Crippen molar-refractivity contribution < 1.29 is 4.79 Å². The molecule has 5 nitrogen and oxygen atoms in total. The number of carbonyl (C=O) groups excluding carboxylic acids is 1. The van der Waals surface area contributed by atoms with Crippen LogP contribution in [0.4, 0.5) is 5.69 Å². The van der Waals surface area contributed by atoms with E-state index in [1.165, 1.54) is 4.68 Å². The Kier molecular flexibility index (Phi) is 4.42. The third kappa shape index (κ3) is 2.93. The van der Waals surface area contributed by atoms with Gasteiger partial charge in [0.05, 0.1) is 17.5 Å². The monoisotopic (exact) mass is 321 g/mol. The molecule has 3 aromatic rings. The van der Waals surface area contributed by atoms with Gasteiger partial charge in [0.25, 0.3) is 5.56 Å². The number of likely N-dealkylation sites (N-methyl/N-ethyl adjacent to an activating group) is 1. The Balaban J connectivity index is 1.99. The summed E-state index contributed by atoms with van der Waals surface area (Å²) in [6.07, 6.45) is 0.150. The average molecular weight is 321 g/mol. The van der Waals surface area contributed by atoms with Crippen LogP contribution in [-0.4, -0.2) is 22.2 Å². The van der Waals surface area contributed by atoms with Crippen LogP contribution in [0.15, 0.2) is 59.4 Å². The van der Waals surface area contributed by atoms with Crippen molar-refractivity contribution in [1.82, 2.24) is 9.78 Å². The van der Waals surface area contributed by atoms with E-state index >= 15 is 0 Å². The number of rotatable bonds is 4. The van der Waals surface area contributed by atoms with Crippen LogP contribution in [0.2, 0.25) is 0 Å². The van der Waals surface area contributed by atoms with Gasteiger partial charge in [0, 0.05) is 24.7 Å². The summed E-state index contributed by atoms with van der Waals surface area (Å²) < 4.78 is 1.30. The highest BCUT2D eigenvalue weighted by atomic mass is 16.2. The highest BCUT2D eigenvalue weighted by Crippen LogP contribution is 2.17. The summed E-state index contributed by atoms with van der Waals surface area (Å²) in [6, 6.07) is 16.8. The Morgan fingerprint density at radius 2 is 1.67 bits per heavy atom. The molecule has 0 aliphatic carbocycles. The Hall–Kier alpha value is -2.95. The van der Waals surface area contributed by atoms with Crippen molar-refractivity contribution in [2.24, 2.45) is 7.05 Å². The van der Waals surface area contributed by atoms with E-state index in [0.29, 0.717) is 17.6 Å². The van der Waals surface area contributed by atoms with Crippen LogP contribution in [0.1, 0.15) is 12.6 Å². The number of hydrogen-bond donors (Lipinski definition) is 0. The summed E-state index contributed by atoms with van der Waals surface area (Å²) in [5.41, 5.74) is 1.32. The molecule has 122 valence electrons. The first kappa shape index (κ1) is 15.9. The largest absolute Gasteiger partial charge is 0.312 e. The van der Waals surface area contributed by atoms with E-state index in [1.807, 2.05) is 55.5 Å². The molecule has 0 aliphatic rings. The minimum atomic E-state index is -0.155. The summed E-state index contributed by atoms with van der Waals surface area (Å²) >= 11 is 0. The molecule has 0 saturated carbocycles. The summed E-state index contributed by atoms with van der Waals surface area (Å²) in [5, 5.41) is 5.63. The van der Waals surface area contributed by atoms with Crippen molar-refractivity contribution in [1.29, 1.82) is 0 Å². The first-order chi connectivity index (χ1) is 11.6. The van der Waals surface area contributed by atoms with Crippen LogP contribution in [0, 0.1) is 0 Å². The second-order valence-corrected chi connectivity index (χ2v) is 5.57. The van der Waals surface area contributed by atoms with Gasteiger partial charge in [-0.3, -0.25) is 9.59 Å². The van der Waals surface area contributed by atoms with Gasteiger partial charge in [-0.15, -0.1) is 0 Å². The lowest BCUT2D eigenvalue weighted by Crippen LogP contribution is -2.33. The van der Waals surface area contributed by atoms with Crippen LogP contribution < -0.4 is 10.5 Å². The van der Waals surface area contributed by atoms with Gasteiger partial charge in [-0.25, -0.2) is 4.68 Å². The molecule has 0 N–H and O–H groups in total. The fraction of sp³-hybridized carbons (Fsp3) is 0.211. The molecule has 0 fully saturated rings. The second kappa shape index (κ2) is 6.66. The maximum absolute atomic E-state index is 12.8. The van der Waals surface area contributed by atoms with E-state index in [-0.39, 0.29) is 17.9 Å². The van der Waals surface area contributed by atoms with Gasteiger partial charge in [-0.2, -0.15) is 5.10 Å². The Morgan fingerprint density at radius 1 is 1.04 bits per heavy atom. The lowest BCUT2D eigenvalue weighted by molar-refractivity contribution is -0.118. The second-order valence-electron chi connectivity index (χ2n) is 5.57. The standard InChI is InChI=1S/C19H19N3O2/c1-3-22(14-9-5-4-6-10-14)18(23)13-17-15-11-7-8-12-16(15)19(24)21(2)20-17/h4-12H,3,13H2,1-2H3. The van der Waals surface area contributed by atoms with Crippen molar-refractivity contribution in [3.05, 3.63) is 70.6 Å². The summed E-state index contributed by atoms with van der Waals surface area (Å²) in [4.78, 5) is 26.7. The number of aromatic nitrogens is 2. The van der Waals surface area contributed by atoms with Gasteiger partial charge in [0.1, 0.15) is 0 Å². The van der Waals surface area contributed by atoms with Gasteiger partial charge in [0.15, 0.2) is 0 Å². The molecule has 0 spiro atoms. The zero-order chi connectivity index (χ0) is 17.1. The maximum Gasteiger partial charge on any atom is 0.274 e. The van der Waals surface area contributed by atoms with E-state index in [4.69, 9.17) is 0 Å². The number of amides is 1. The molecule has 0 bridgehead atoms. The lowest BCUT2D eigenvalue weighted by Gasteiger charge is -2.21. The molecule has 0 saturated heterocycles. The molecule has 24 heavy (non-hydrogen) atoms. The number of aryl methyl sites for hydroxylation is 1. The van der Waals surface area contributed by atoms with Gasteiger partial charge in [-0.1, -0.05) is 36.4 Å². The predicted molar refractivity (Wildman–Crippen MR) is 95.2 cm³/mol. The molecule has 2 aromatic carbocycles. The number of para-hydroxylation sites is 1. The molecule has 1 aromatic heterocycles. The minimum absolute atomic E-state index is 0.0417. The number of fused-ring (bicyclic) bond motifs is 1. The third-order valence-corrected chi connectivity index (χ3v) is 4.04. The molecule has 1 heterocycles. The van der Waals surface area contributed by atoms with Crippen LogP contribution >= 0.6 is 0 Å². The Bertz CT molecular complexity index is 932. The SMILES string of the molecule is CCN(C(=O)Cc1nn(C)c(=O)c2ccccc12)c1ccccc1. The predicted octanol–water partition coefficient (Wildman–Crippen LogP) is 2.53. The Labute approximate surface area is 140 Å². The van der Waals surface area contributed by atoms with Crippen LogP contribution in [0.3, 0.4) is 0 Å². The lowest BCUT2D eigenvalue weighted by atomic mass is 10.1.